The SMILES string of the molecule is CN1CCc2cc(Nc3cc4cc(-c5cccc6c5CCNC6)c(F)cc4cn3)nn2CC1=O. The van der Waals surface area contributed by atoms with Crippen LogP contribution in [-0.2, 0) is 30.7 Å². The van der Waals surface area contributed by atoms with Crippen LogP contribution in [0.2, 0.25) is 0 Å². The number of hydrogen-bond donors (Lipinski definition) is 2. The van der Waals surface area contributed by atoms with Gasteiger partial charge in [-0.1, -0.05) is 18.2 Å². The molecule has 0 aliphatic carbocycles. The molecule has 0 unspecified atom stereocenters. The fourth-order valence-electron chi connectivity index (χ4n) is 4.87. The van der Waals surface area contributed by atoms with E-state index in [1.807, 2.05) is 37.4 Å². The third kappa shape index (κ3) is 3.70. The number of pyridine rings is 1. The van der Waals surface area contributed by atoms with Gasteiger partial charge < -0.3 is 15.5 Å². The average molecular weight is 457 g/mol. The molecule has 0 radical (unpaired) electrons. The van der Waals surface area contributed by atoms with Gasteiger partial charge in [-0.3, -0.25) is 9.48 Å². The minimum absolute atomic E-state index is 0.0469. The highest BCUT2D eigenvalue weighted by atomic mass is 19.1. The summed E-state index contributed by atoms with van der Waals surface area (Å²) < 4.78 is 16.9. The van der Waals surface area contributed by atoms with Crippen LogP contribution in [0.4, 0.5) is 16.0 Å². The fraction of sp³-hybridized carbons (Fsp3) is 0.269. The Morgan fingerprint density at radius 1 is 1.06 bits per heavy atom. The van der Waals surface area contributed by atoms with Gasteiger partial charge in [-0.25, -0.2) is 9.37 Å². The number of rotatable bonds is 3. The van der Waals surface area contributed by atoms with Crippen molar-refractivity contribution in [1.29, 1.82) is 0 Å². The molecule has 2 aromatic carbocycles. The summed E-state index contributed by atoms with van der Waals surface area (Å²) in [6.45, 7) is 2.62. The van der Waals surface area contributed by atoms with Gasteiger partial charge in [0.15, 0.2) is 5.82 Å². The first kappa shape index (κ1) is 20.8. The number of amides is 1. The number of carbonyl (C=O) groups is 1. The number of aromatic nitrogens is 3. The van der Waals surface area contributed by atoms with Crippen molar-refractivity contribution in [2.75, 3.05) is 25.5 Å². The largest absolute Gasteiger partial charge is 0.344 e. The molecule has 2 N–H and O–H groups in total. The zero-order valence-corrected chi connectivity index (χ0v) is 18.9. The van der Waals surface area contributed by atoms with E-state index in [0.29, 0.717) is 23.7 Å². The average Bonchev–Trinajstić information content (AvgIpc) is 3.16. The highest BCUT2D eigenvalue weighted by molar-refractivity contribution is 5.89. The van der Waals surface area contributed by atoms with Gasteiger partial charge in [-0.15, -0.1) is 0 Å². The molecule has 8 heteroatoms. The Hall–Kier alpha value is -3.78. The van der Waals surface area contributed by atoms with Crippen LogP contribution in [0.25, 0.3) is 21.9 Å². The predicted octanol–water partition coefficient (Wildman–Crippen LogP) is 3.64. The molecular formula is C26H25FN6O. The van der Waals surface area contributed by atoms with E-state index in [1.165, 1.54) is 11.1 Å². The number of hydrogen-bond acceptors (Lipinski definition) is 5. The van der Waals surface area contributed by atoms with E-state index < -0.39 is 0 Å². The molecule has 34 heavy (non-hydrogen) atoms. The third-order valence-corrected chi connectivity index (χ3v) is 6.77. The van der Waals surface area contributed by atoms with Gasteiger partial charge >= 0.3 is 0 Å². The molecule has 6 rings (SSSR count). The Morgan fingerprint density at radius 2 is 1.97 bits per heavy atom. The van der Waals surface area contributed by atoms with Crippen molar-refractivity contribution < 1.29 is 9.18 Å². The summed E-state index contributed by atoms with van der Waals surface area (Å²) in [5, 5.41) is 12.8. The number of nitrogens with one attached hydrogen (secondary N) is 2. The van der Waals surface area contributed by atoms with E-state index in [4.69, 9.17) is 0 Å². The maximum atomic E-state index is 15.1. The molecule has 0 saturated heterocycles. The van der Waals surface area contributed by atoms with E-state index in [0.717, 1.165) is 48.0 Å². The Morgan fingerprint density at radius 3 is 2.88 bits per heavy atom. The van der Waals surface area contributed by atoms with Crippen molar-refractivity contribution in [1.82, 2.24) is 25.0 Å². The Bertz CT molecular complexity index is 1430. The summed E-state index contributed by atoms with van der Waals surface area (Å²) in [6.07, 6.45) is 3.31. The van der Waals surface area contributed by atoms with Gasteiger partial charge in [0.25, 0.3) is 0 Å². The molecule has 2 aliphatic rings. The second-order valence-electron chi connectivity index (χ2n) is 8.99. The zero-order chi connectivity index (χ0) is 23.2. The number of likely N-dealkylation sites (N-methyl/N-ethyl adjacent to an activating group) is 1. The second kappa shape index (κ2) is 8.22. The predicted molar refractivity (Wildman–Crippen MR) is 129 cm³/mol. The van der Waals surface area contributed by atoms with Gasteiger partial charge in [0.1, 0.15) is 18.2 Å². The first-order valence-corrected chi connectivity index (χ1v) is 11.5. The van der Waals surface area contributed by atoms with Crippen LogP contribution in [0.1, 0.15) is 16.8 Å². The minimum atomic E-state index is -0.241. The van der Waals surface area contributed by atoms with Crippen LogP contribution in [0.3, 0.4) is 0 Å². The van der Waals surface area contributed by atoms with Gasteiger partial charge in [-0.05, 0) is 53.2 Å². The van der Waals surface area contributed by atoms with Crippen molar-refractivity contribution >= 4 is 28.3 Å². The summed E-state index contributed by atoms with van der Waals surface area (Å²) >= 11 is 0. The Balaban J connectivity index is 1.34. The molecule has 7 nitrogen and oxygen atoms in total. The van der Waals surface area contributed by atoms with Crippen molar-refractivity contribution in [3.63, 3.8) is 0 Å². The molecule has 0 bridgehead atoms. The molecule has 0 saturated carbocycles. The molecule has 172 valence electrons. The van der Waals surface area contributed by atoms with Crippen LogP contribution in [0.15, 0.2) is 48.7 Å². The molecule has 0 atom stereocenters. The number of carbonyl (C=O) groups excluding carboxylic acids is 1. The highest BCUT2D eigenvalue weighted by Gasteiger charge is 2.20. The van der Waals surface area contributed by atoms with Gasteiger partial charge in [0.05, 0.1) is 0 Å². The number of benzene rings is 2. The molecule has 0 spiro atoms. The van der Waals surface area contributed by atoms with Crippen molar-refractivity contribution in [3.8, 4) is 11.1 Å². The summed E-state index contributed by atoms with van der Waals surface area (Å²) in [5.41, 5.74) is 5.02. The molecule has 2 aromatic heterocycles. The lowest BCUT2D eigenvalue weighted by atomic mass is 9.90. The molecule has 2 aliphatic heterocycles. The monoisotopic (exact) mass is 456 g/mol. The van der Waals surface area contributed by atoms with E-state index in [1.54, 1.807) is 21.8 Å². The lowest BCUT2D eigenvalue weighted by Gasteiger charge is -2.21. The lowest BCUT2D eigenvalue weighted by Crippen LogP contribution is -2.29. The van der Waals surface area contributed by atoms with Crippen molar-refractivity contribution in [2.24, 2.45) is 0 Å². The number of halogens is 1. The van der Waals surface area contributed by atoms with Gasteiger partial charge in [0.2, 0.25) is 5.91 Å². The van der Waals surface area contributed by atoms with Crippen LogP contribution in [-0.4, -0.2) is 45.7 Å². The lowest BCUT2D eigenvalue weighted by molar-refractivity contribution is -0.130. The van der Waals surface area contributed by atoms with E-state index in [9.17, 15) is 4.79 Å². The van der Waals surface area contributed by atoms with Gasteiger partial charge in [0, 0.05) is 55.5 Å². The number of fused-ring (bicyclic) bond motifs is 3. The number of nitrogens with zero attached hydrogens (tertiary/aromatic N) is 4. The van der Waals surface area contributed by atoms with Crippen molar-refractivity contribution in [2.45, 2.75) is 25.9 Å². The first-order valence-electron chi connectivity index (χ1n) is 11.5. The van der Waals surface area contributed by atoms with Crippen LogP contribution < -0.4 is 10.6 Å². The smallest absolute Gasteiger partial charge is 0.244 e. The molecule has 4 aromatic rings. The fourth-order valence-corrected chi connectivity index (χ4v) is 4.87. The zero-order valence-electron chi connectivity index (χ0n) is 18.9. The standard InChI is InChI=1S/C26H25FN6O/c1-32-8-6-19-12-25(31-33(19)15-26(32)34)30-24-11-17-9-22(23(27)10-18(17)14-29-24)21-4-2-3-16-13-28-7-5-20(16)21/h2-4,9-12,14,28H,5-8,13,15H2,1H3,(H,29,30,31). The summed E-state index contributed by atoms with van der Waals surface area (Å²) in [5.74, 6) is 1.08. The van der Waals surface area contributed by atoms with Crippen LogP contribution >= 0.6 is 0 Å². The van der Waals surface area contributed by atoms with E-state index in [2.05, 4.69) is 26.8 Å². The third-order valence-electron chi connectivity index (χ3n) is 6.77. The van der Waals surface area contributed by atoms with Gasteiger partial charge in [-0.2, -0.15) is 5.10 Å². The van der Waals surface area contributed by atoms with Crippen LogP contribution in [0.5, 0.6) is 0 Å². The highest BCUT2D eigenvalue weighted by Crippen LogP contribution is 2.33. The molecule has 4 heterocycles. The first-order chi connectivity index (χ1) is 16.5. The summed E-state index contributed by atoms with van der Waals surface area (Å²) in [4.78, 5) is 18.3. The van der Waals surface area contributed by atoms with Crippen LogP contribution in [0, 0.1) is 5.82 Å². The Labute approximate surface area is 196 Å². The topological polar surface area (TPSA) is 75.1 Å². The number of anilines is 2. The maximum Gasteiger partial charge on any atom is 0.244 e. The van der Waals surface area contributed by atoms with E-state index >= 15 is 4.39 Å². The van der Waals surface area contributed by atoms with Crippen molar-refractivity contribution in [3.05, 3.63) is 71.3 Å². The molecule has 0 fully saturated rings. The minimum Gasteiger partial charge on any atom is -0.344 e. The molecule has 1 amide bonds. The maximum absolute atomic E-state index is 15.1. The quantitative estimate of drug-likeness (QED) is 0.492. The summed E-state index contributed by atoms with van der Waals surface area (Å²) in [6, 6.07) is 13.4. The summed E-state index contributed by atoms with van der Waals surface area (Å²) in [7, 11) is 1.81. The van der Waals surface area contributed by atoms with E-state index in [-0.39, 0.29) is 18.3 Å². The molecular weight excluding hydrogens is 431 g/mol. The normalized spacial score (nSPS) is 15.7. The second-order valence-corrected chi connectivity index (χ2v) is 8.99. The Kier molecular flexibility index (Phi) is 5.03.